The maximum atomic E-state index is 11.9. The van der Waals surface area contributed by atoms with Crippen molar-refractivity contribution in [2.75, 3.05) is 12.3 Å². The number of aliphatic hydroxyl groups is 1. The molecule has 1 radical (unpaired) electrons. The fraction of sp³-hybridized carbons (Fsp3) is 0.400. The Hall–Kier alpha value is -1.51. The molecule has 3 rings (SSSR count). The summed E-state index contributed by atoms with van der Waals surface area (Å²) in [4.78, 5) is 19.7. The van der Waals surface area contributed by atoms with Gasteiger partial charge < -0.3 is 15.6 Å². The van der Waals surface area contributed by atoms with E-state index in [0.29, 0.717) is 16.8 Å². The molecule has 1 aliphatic rings. The van der Waals surface area contributed by atoms with Crippen LogP contribution in [0.5, 0.6) is 0 Å². The highest BCUT2D eigenvalue weighted by atomic mass is 32.1. The van der Waals surface area contributed by atoms with Crippen LogP contribution >= 0.6 is 11.3 Å². The number of aromatic nitrogens is 3. The lowest BCUT2D eigenvalue weighted by Gasteiger charge is -2.13. The van der Waals surface area contributed by atoms with Gasteiger partial charge >= 0.3 is 4.87 Å². The van der Waals surface area contributed by atoms with E-state index in [9.17, 15) is 4.79 Å². The van der Waals surface area contributed by atoms with Crippen molar-refractivity contribution in [1.29, 1.82) is 0 Å². The molecule has 0 bridgehead atoms. The zero-order chi connectivity index (χ0) is 12.7. The largest absolute Gasteiger partial charge is 0.394 e. The fourth-order valence-corrected chi connectivity index (χ4v) is 2.75. The predicted octanol–water partition coefficient (Wildman–Crippen LogP) is -0.0807. The van der Waals surface area contributed by atoms with E-state index in [1.807, 2.05) is 6.42 Å². The molecule has 8 heteroatoms. The summed E-state index contributed by atoms with van der Waals surface area (Å²) >= 11 is 1.05. The molecule has 2 aromatic heterocycles. The average molecular weight is 267 g/mol. The van der Waals surface area contributed by atoms with Crippen LogP contribution in [0.4, 0.5) is 5.95 Å². The second kappa shape index (κ2) is 4.30. The Bertz CT molecular complexity index is 638. The molecule has 0 amide bonds. The summed E-state index contributed by atoms with van der Waals surface area (Å²) in [7, 11) is 0. The normalized spacial score (nSPS) is 23.8. The molecule has 1 fully saturated rings. The third-order valence-electron chi connectivity index (χ3n) is 2.77. The topological polar surface area (TPSA) is 103 Å². The summed E-state index contributed by atoms with van der Waals surface area (Å²) < 4.78 is 7.65. The molecular formula is C10H11N4O3S. The molecule has 2 aromatic rings. The van der Waals surface area contributed by atoms with E-state index in [1.54, 1.807) is 0 Å². The lowest BCUT2D eigenvalue weighted by Crippen LogP contribution is -2.21. The highest BCUT2D eigenvalue weighted by molar-refractivity contribution is 7.16. The lowest BCUT2D eigenvalue weighted by atomic mass is 10.2. The molecule has 3 heterocycles. The Morgan fingerprint density at radius 2 is 2.50 bits per heavy atom. The number of nitrogen functional groups attached to an aromatic ring is 1. The number of rotatable bonds is 2. The molecule has 7 nitrogen and oxygen atoms in total. The molecule has 0 saturated carbocycles. The van der Waals surface area contributed by atoms with E-state index in [-0.39, 0.29) is 23.5 Å². The van der Waals surface area contributed by atoms with Crippen LogP contribution in [0.3, 0.4) is 0 Å². The van der Waals surface area contributed by atoms with Crippen molar-refractivity contribution in [3.63, 3.8) is 0 Å². The summed E-state index contributed by atoms with van der Waals surface area (Å²) in [5, 5.41) is 9.03. The van der Waals surface area contributed by atoms with E-state index in [2.05, 4.69) is 9.97 Å². The summed E-state index contributed by atoms with van der Waals surface area (Å²) in [6.07, 6.45) is 3.20. The molecule has 0 aromatic carbocycles. The summed E-state index contributed by atoms with van der Waals surface area (Å²) in [6.45, 7) is -0.0685. The molecule has 3 N–H and O–H groups in total. The Kier molecular flexibility index (Phi) is 2.77. The number of anilines is 1. The van der Waals surface area contributed by atoms with Crippen molar-refractivity contribution < 1.29 is 9.84 Å². The van der Waals surface area contributed by atoms with Gasteiger partial charge in [0, 0.05) is 6.42 Å². The average Bonchev–Trinajstić information content (AvgIpc) is 2.92. The van der Waals surface area contributed by atoms with Crippen LogP contribution < -0.4 is 10.6 Å². The third kappa shape index (κ3) is 1.78. The van der Waals surface area contributed by atoms with Gasteiger partial charge in [0.1, 0.15) is 6.23 Å². The van der Waals surface area contributed by atoms with Crippen LogP contribution in [0.2, 0.25) is 0 Å². The van der Waals surface area contributed by atoms with E-state index < -0.39 is 6.23 Å². The number of hydrogen-bond donors (Lipinski definition) is 2. The van der Waals surface area contributed by atoms with Gasteiger partial charge in [-0.1, -0.05) is 11.3 Å². The lowest BCUT2D eigenvalue weighted by molar-refractivity contribution is -0.0147. The predicted molar refractivity (Wildman–Crippen MR) is 66.0 cm³/mol. The molecule has 1 saturated heterocycles. The van der Waals surface area contributed by atoms with Gasteiger partial charge in [0.2, 0.25) is 5.95 Å². The van der Waals surface area contributed by atoms with Crippen LogP contribution in [-0.2, 0) is 4.74 Å². The van der Waals surface area contributed by atoms with Gasteiger partial charge in [-0.2, -0.15) is 4.98 Å². The first-order chi connectivity index (χ1) is 8.69. The summed E-state index contributed by atoms with van der Waals surface area (Å²) in [5.41, 5.74) is 6.00. The fourth-order valence-electron chi connectivity index (χ4n) is 1.93. The van der Waals surface area contributed by atoms with Crippen LogP contribution in [0, 0.1) is 6.42 Å². The second-order valence-corrected chi connectivity index (χ2v) is 4.95. The maximum absolute atomic E-state index is 11.9. The van der Waals surface area contributed by atoms with Gasteiger partial charge in [-0.15, -0.1) is 0 Å². The molecular weight excluding hydrogens is 256 g/mol. The Balaban J connectivity index is 2.08. The second-order valence-electron chi connectivity index (χ2n) is 3.96. The molecule has 2 atom stereocenters. The SMILES string of the molecule is Nc1ncc2sc(=O)n(C3[CH]CC(CO)O3)c2n1. The van der Waals surface area contributed by atoms with Crippen LogP contribution in [0.25, 0.3) is 10.3 Å². The minimum atomic E-state index is -0.502. The molecule has 1 aliphatic heterocycles. The standard InChI is InChI=1S/C10H11N4O3S/c11-9-12-3-6-8(13-9)14(10(16)18-6)7-2-1-5(4-15)17-7/h2-3,5,7,15H,1,4H2,(H2,11,12,13). The van der Waals surface area contributed by atoms with Gasteiger partial charge in [-0.3, -0.25) is 9.36 Å². The zero-order valence-corrected chi connectivity index (χ0v) is 10.1. The van der Waals surface area contributed by atoms with Gasteiger partial charge in [0.15, 0.2) is 5.65 Å². The Morgan fingerprint density at radius 3 is 3.22 bits per heavy atom. The van der Waals surface area contributed by atoms with Gasteiger partial charge in [-0.25, -0.2) is 4.98 Å². The first kappa shape index (κ1) is 11.6. The van der Waals surface area contributed by atoms with Crippen molar-refractivity contribution in [1.82, 2.24) is 14.5 Å². The van der Waals surface area contributed by atoms with E-state index in [0.717, 1.165) is 11.3 Å². The monoisotopic (exact) mass is 267 g/mol. The number of thiazole rings is 1. The maximum Gasteiger partial charge on any atom is 0.311 e. The number of nitrogens with zero attached hydrogens (tertiary/aromatic N) is 3. The smallest absolute Gasteiger partial charge is 0.311 e. The quantitative estimate of drug-likeness (QED) is 0.788. The van der Waals surface area contributed by atoms with Crippen molar-refractivity contribution in [3.05, 3.63) is 22.3 Å². The van der Waals surface area contributed by atoms with Crippen LogP contribution in [-0.4, -0.2) is 32.4 Å². The highest BCUT2D eigenvalue weighted by Crippen LogP contribution is 2.29. The number of hydrogen-bond acceptors (Lipinski definition) is 7. The van der Waals surface area contributed by atoms with Gasteiger partial charge in [0.25, 0.3) is 0 Å². The van der Waals surface area contributed by atoms with Crippen LogP contribution in [0.15, 0.2) is 11.0 Å². The van der Waals surface area contributed by atoms with E-state index in [4.69, 9.17) is 15.6 Å². The van der Waals surface area contributed by atoms with Crippen molar-refractivity contribution in [2.24, 2.45) is 0 Å². The molecule has 18 heavy (non-hydrogen) atoms. The number of fused-ring (bicyclic) bond motifs is 1. The van der Waals surface area contributed by atoms with E-state index in [1.165, 1.54) is 10.8 Å². The molecule has 95 valence electrons. The molecule has 0 spiro atoms. The minimum absolute atomic E-state index is 0.0685. The number of nitrogens with two attached hydrogens (primary N) is 1. The van der Waals surface area contributed by atoms with Crippen LogP contribution in [0.1, 0.15) is 12.6 Å². The molecule has 0 aliphatic carbocycles. The van der Waals surface area contributed by atoms with Crippen molar-refractivity contribution >= 4 is 27.6 Å². The summed E-state index contributed by atoms with van der Waals surface area (Å²) in [5.74, 6) is 0.116. The van der Waals surface area contributed by atoms with Crippen molar-refractivity contribution in [3.8, 4) is 0 Å². The van der Waals surface area contributed by atoms with E-state index >= 15 is 0 Å². The van der Waals surface area contributed by atoms with Crippen molar-refractivity contribution in [2.45, 2.75) is 18.8 Å². The first-order valence-electron chi connectivity index (χ1n) is 5.42. The minimum Gasteiger partial charge on any atom is -0.394 e. The molecule has 2 unspecified atom stereocenters. The summed E-state index contributed by atoms with van der Waals surface area (Å²) in [6, 6.07) is 0. The first-order valence-corrected chi connectivity index (χ1v) is 6.24. The number of ether oxygens (including phenoxy) is 1. The highest BCUT2D eigenvalue weighted by Gasteiger charge is 2.29. The number of aliphatic hydroxyl groups excluding tert-OH is 1. The van der Waals surface area contributed by atoms with Gasteiger partial charge in [0.05, 0.1) is 23.6 Å². The Labute approximate surface area is 106 Å². The third-order valence-corrected chi connectivity index (χ3v) is 3.65. The zero-order valence-electron chi connectivity index (χ0n) is 9.31. The van der Waals surface area contributed by atoms with Gasteiger partial charge in [-0.05, 0) is 6.42 Å². The Morgan fingerprint density at radius 1 is 1.67 bits per heavy atom.